The van der Waals surface area contributed by atoms with Crippen LogP contribution in [0.2, 0.25) is 0 Å². The third-order valence-corrected chi connectivity index (χ3v) is 2.53. The van der Waals surface area contributed by atoms with E-state index in [4.69, 9.17) is 9.47 Å². The normalized spacial score (nSPS) is 12.2. The van der Waals surface area contributed by atoms with E-state index < -0.39 is 4.92 Å². The highest BCUT2D eigenvalue weighted by Gasteiger charge is 2.12. The molecule has 0 radical (unpaired) electrons. The summed E-state index contributed by atoms with van der Waals surface area (Å²) in [6.45, 7) is 3.06. The summed E-state index contributed by atoms with van der Waals surface area (Å²) >= 11 is 0. The van der Waals surface area contributed by atoms with Crippen molar-refractivity contribution in [2.24, 2.45) is 0 Å². The monoisotopic (exact) mass is 254 g/mol. The maximum atomic E-state index is 10.7. The summed E-state index contributed by atoms with van der Waals surface area (Å²) in [5, 5.41) is 13.9. The van der Waals surface area contributed by atoms with Crippen LogP contribution in [-0.4, -0.2) is 31.8 Å². The Balaban J connectivity index is 2.78. The van der Waals surface area contributed by atoms with Crippen molar-refractivity contribution in [2.45, 2.75) is 19.5 Å². The maximum absolute atomic E-state index is 10.7. The summed E-state index contributed by atoms with van der Waals surface area (Å²) in [5.41, 5.74) is 0.821. The van der Waals surface area contributed by atoms with Crippen LogP contribution in [-0.2, 0) is 11.3 Å². The van der Waals surface area contributed by atoms with Crippen molar-refractivity contribution >= 4 is 5.69 Å². The number of ether oxygens (including phenoxy) is 2. The van der Waals surface area contributed by atoms with E-state index in [0.29, 0.717) is 18.9 Å². The SMILES string of the molecule is COCC(C)NCc1cc([N+](=O)[O-])ccc1OC. The summed E-state index contributed by atoms with van der Waals surface area (Å²) in [7, 11) is 3.18. The topological polar surface area (TPSA) is 73.6 Å². The van der Waals surface area contributed by atoms with Crippen molar-refractivity contribution in [2.75, 3.05) is 20.8 Å². The van der Waals surface area contributed by atoms with Gasteiger partial charge in [0.15, 0.2) is 0 Å². The molecule has 6 heteroatoms. The van der Waals surface area contributed by atoms with E-state index in [1.807, 2.05) is 6.92 Å². The highest BCUT2D eigenvalue weighted by molar-refractivity contribution is 5.43. The minimum absolute atomic E-state index is 0.0620. The van der Waals surface area contributed by atoms with Gasteiger partial charge in [-0.1, -0.05) is 0 Å². The van der Waals surface area contributed by atoms with Gasteiger partial charge in [0.2, 0.25) is 0 Å². The number of nitrogens with zero attached hydrogens (tertiary/aromatic N) is 1. The minimum atomic E-state index is -0.415. The molecule has 0 spiro atoms. The molecule has 1 N–H and O–H groups in total. The molecule has 1 aromatic carbocycles. The number of rotatable bonds is 7. The van der Waals surface area contributed by atoms with E-state index in [1.54, 1.807) is 20.3 Å². The predicted molar refractivity (Wildman–Crippen MR) is 67.8 cm³/mol. The van der Waals surface area contributed by atoms with Crippen LogP contribution in [0.3, 0.4) is 0 Å². The van der Waals surface area contributed by atoms with Crippen molar-refractivity contribution in [3.63, 3.8) is 0 Å². The van der Waals surface area contributed by atoms with Gasteiger partial charge in [-0.05, 0) is 13.0 Å². The van der Waals surface area contributed by atoms with E-state index >= 15 is 0 Å². The van der Waals surface area contributed by atoms with Crippen molar-refractivity contribution in [1.82, 2.24) is 5.32 Å². The molecule has 0 amide bonds. The van der Waals surface area contributed by atoms with Crippen LogP contribution < -0.4 is 10.1 Å². The van der Waals surface area contributed by atoms with Gasteiger partial charge in [0.1, 0.15) is 5.75 Å². The maximum Gasteiger partial charge on any atom is 0.270 e. The second-order valence-corrected chi connectivity index (χ2v) is 3.99. The van der Waals surface area contributed by atoms with Gasteiger partial charge in [0.05, 0.1) is 18.6 Å². The Kier molecular flexibility index (Phi) is 5.54. The van der Waals surface area contributed by atoms with E-state index in [1.165, 1.54) is 12.1 Å². The largest absolute Gasteiger partial charge is 0.496 e. The molecule has 0 aliphatic carbocycles. The van der Waals surface area contributed by atoms with Crippen LogP contribution >= 0.6 is 0 Å². The van der Waals surface area contributed by atoms with Crippen LogP contribution in [0.15, 0.2) is 18.2 Å². The van der Waals surface area contributed by atoms with Crippen molar-refractivity contribution in [3.05, 3.63) is 33.9 Å². The fourth-order valence-corrected chi connectivity index (χ4v) is 1.61. The highest BCUT2D eigenvalue weighted by atomic mass is 16.6. The van der Waals surface area contributed by atoms with E-state index in [9.17, 15) is 10.1 Å². The lowest BCUT2D eigenvalue weighted by Gasteiger charge is -2.14. The second-order valence-electron chi connectivity index (χ2n) is 3.99. The Morgan fingerprint density at radius 1 is 1.44 bits per heavy atom. The van der Waals surface area contributed by atoms with E-state index in [-0.39, 0.29) is 11.7 Å². The molecular weight excluding hydrogens is 236 g/mol. The molecule has 1 atom stereocenters. The van der Waals surface area contributed by atoms with Gasteiger partial charge in [0, 0.05) is 37.4 Å². The third-order valence-electron chi connectivity index (χ3n) is 2.53. The molecule has 0 saturated heterocycles. The Bertz CT molecular complexity index is 409. The standard InChI is InChI=1S/C12H18N2O4/c1-9(8-17-2)13-7-10-6-11(14(15)16)4-5-12(10)18-3/h4-6,9,13H,7-8H2,1-3H3. The number of hydrogen-bond donors (Lipinski definition) is 1. The fraction of sp³-hybridized carbons (Fsp3) is 0.500. The number of methoxy groups -OCH3 is 2. The molecule has 100 valence electrons. The molecule has 6 nitrogen and oxygen atoms in total. The number of hydrogen-bond acceptors (Lipinski definition) is 5. The fourth-order valence-electron chi connectivity index (χ4n) is 1.61. The number of nitro groups is 1. The van der Waals surface area contributed by atoms with Gasteiger partial charge in [-0.25, -0.2) is 0 Å². The molecule has 0 saturated carbocycles. The number of non-ortho nitro benzene ring substituents is 1. The summed E-state index contributed by atoms with van der Waals surface area (Å²) in [5.74, 6) is 0.637. The number of benzene rings is 1. The minimum Gasteiger partial charge on any atom is -0.496 e. The first-order chi connectivity index (χ1) is 8.58. The molecule has 1 aromatic rings. The summed E-state index contributed by atoms with van der Waals surface area (Å²) < 4.78 is 10.2. The van der Waals surface area contributed by atoms with Crippen LogP contribution in [0.1, 0.15) is 12.5 Å². The molecule has 1 rings (SSSR count). The zero-order valence-corrected chi connectivity index (χ0v) is 10.8. The average Bonchev–Trinajstić information content (AvgIpc) is 2.36. The number of nitro benzene ring substituents is 1. The number of nitrogens with one attached hydrogen (secondary N) is 1. The lowest BCUT2D eigenvalue weighted by atomic mass is 10.1. The summed E-state index contributed by atoms with van der Waals surface area (Å²) in [6, 6.07) is 4.72. The molecule has 0 bridgehead atoms. The van der Waals surface area contributed by atoms with Gasteiger partial charge in [0.25, 0.3) is 5.69 Å². The lowest BCUT2D eigenvalue weighted by Crippen LogP contribution is -2.29. The van der Waals surface area contributed by atoms with Gasteiger partial charge >= 0.3 is 0 Å². The summed E-state index contributed by atoms with van der Waals surface area (Å²) in [4.78, 5) is 10.3. The predicted octanol–water partition coefficient (Wildman–Crippen LogP) is 1.73. The Labute approximate surface area is 106 Å². The molecular formula is C12H18N2O4. The third kappa shape index (κ3) is 3.97. The quantitative estimate of drug-likeness (QED) is 0.592. The van der Waals surface area contributed by atoms with Gasteiger partial charge in [-0.15, -0.1) is 0 Å². The van der Waals surface area contributed by atoms with Gasteiger partial charge in [-0.2, -0.15) is 0 Å². The van der Waals surface area contributed by atoms with Crippen molar-refractivity contribution < 1.29 is 14.4 Å². The van der Waals surface area contributed by atoms with Crippen LogP contribution in [0.5, 0.6) is 5.75 Å². The highest BCUT2D eigenvalue weighted by Crippen LogP contribution is 2.23. The first-order valence-electron chi connectivity index (χ1n) is 5.62. The molecule has 0 aliphatic heterocycles. The van der Waals surface area contributed by atoms with Crippen LogP contribution in [0.4, 0.5) is 5.69 Å². The zero-order chi connectivity index (χ0) is 13.5. The molecule has 0 aliphatic rings. The molecule has 0 aromatic heterocycles. The van der Waals surface area contributed by atoms with Crippen LogP contribution in [0.25, 0.3) is 0 Å². The van der Waals surface area contributed by atoms with Gasteiger partial charge < -0.3 is 14.8 Å². The van der Waals surface area contributed by atoms with E-state index in [2.05, 4.69) is 5.32 Å². The Hall–Kier alpha value is -1.66. The molecule has 18 heavy (non-hydrogen) atoms. The Morgan fingerprint density at radius 3 is 2.72 bits per heavy atom. The summed E-state index contributed by atoms with van der Waals surface area (Å²) in [6.07, 6.45) is 0. The first-order valence-corrected chi connectivity index (χ1v) is 5.62. The molecule has 1 unspecified atom stereocenters. The van der Waals surface area contributed by atoms with Crippen LogP contribution in [0, 0.1) is 10.1 Å². The van der Waals surface area contributed by atoms with Crippen molar-refractivity contribution in [3.8, 4) is 5.75 Å². The average molecular weight is 254 g/mol. The van der Waals surface area contributed by atoms with Crippen molar-refractivity contribution in [1.29, 1.82) is 0 Å². The lowest BCUT2D eigenvalue weighted by molar-refractivity contribution is -0.384. The zero-order valence-electron chi connectivity index (χ0n) is 10.8. The Morgan fingerprint density at radius 2 is 2.17 bits per heavy atom. The second kappa shape index (κ2) is 6.93. The smallest absolute Gasteiger partial charge is 0.270 e. The first kappa shape index (κ1) is 14.4. The molecule has 0 heterocycles. The van der Waals surface area contributed by atoms with E-state index in [0.717, 1.165) is 5.56 Å². The van der Waals surface area contributed by atoms with Gasteiger partial charge in [-0.3, -0.25) is 10.1 Å². The molecule has 0 fully saturated rings.